The van der Waals surface area contributed by atoms with E-state index >= 15 is 0 Å². The van der Waals surface area contributed by atoms with Crippen molar-refractivity contribution >= 4 is 18.0 Å². The third-order valence-electron chi connectivity index (χ3n) is 6.65. The Morgan fingerprint density at radius 3 is 2.84 bits per heavy atom. The van der Waals surface area contributed by atoms with E-state index in [1.807, 2.05) is 12.3 Å². The van der Waals surface area contributed by atoms with Gasteiger partial charge in [-0.15, -0.1) is 0 Å². The number of ether oxygens (including phenoxy) is 2. The highest BCUT2D eigenvalue weighted by Gasteiger charge is 2.28. The number of morpholine rings is 1. The minimum Gasteiger partial charge on any atom is -0.453 e. The highest BCUT2D eigenvalue weighted by atomic mass is 16.5. The summed E-state index contributed by atoms with van der Waals surface area (Å²) in [6.45, 7) is 5.72. The van der Waals surface area contributed by atoms with E-state index in [2.05, 4.69) is 35.0 Å². The molecule has 8 nitrogen and oxygen atoms in total. The number of carbonyl (C=O) groups is 1. The van der Waals surface area contributed by atoms with Crippen LogP contribution >= 0.6 is 0 Å². The van der Waals surface area contributed by atoms with Gasteiger partial charge in [-0.2, -0.15) is 0 Å². The van der Waals surface area contributed by atoms with Crippen molar-refractivity contribution in [1.29, 1.82) is 0 Å². The summed E-state index contributed by atoms with van der Waals surface area (Å²) in [7, 11) is 1.43. The summed E-state index contributed by atoms with van der Waals surface area (Å²) in [6, 6.07) is 4.41. The zero-order chi connectivity index (χ0) is 22.1. The van der Waals surface area contributed by atoms with Crippen LogP contribution in [-0.4, -0.2) is 71.9 Å². The number of amides is 1. The lowest BCUT2D eigenvalue weighted by Gasteiger charge is -2.35. The Kier molecular flexibility index (Phi) is 5.78. The first-order chi connectivity index (χ1) is 15.6. The zero-order valence-electron chi connectivity index (χ0n) is 18.7. The molecule has 8 heteroatoms. The fourth-order valence-corrected chi connectivity index (χ4v) is 4.83. The van der Waals surface area contributed by atoms with Crippen LogP contribution in [0.15, 0.2) is 24.4 Å². The zero-order valence-corrected chi connectivity index (χ0v) is 18.7. The summed E-state index contributed by atoms with van der Waals surface area (Å²) < 4.78 is 10.5. The van der Waals surface area contributed by atoms with Gasteiger partial charge in [0.15, 0.2) is 5.82 Å². The molecular formula is C24H29N5O3. The third-order valence-corrected chi connectivity index (χ3v) is 6.65. The average molecular weight is 436 g/mol. The first kappa shape index (κ1) is 20.9. The highest BCUT2D eigenvalue weighted by Crippen LogP contribution is 2.34. The van der Waals surface area contributed by atoms with Crippen molar-refractivity contribution in [1.82, 2.24) is 19.9 Å². The van der Waals surface area contributed by atoms with Crippen LogP contribution in [0.3, 0.4) is 0 Å². The summed E-state index contributed by atoms with van der Waals surface area (Å²) in [5.41, 5.74) is 4.26. The molecule has 2 aliphatic heterocycles. The minimum absolute atomic E-state index is 0.253. The van der Waals surface area contributed by atoms with Crippen LogP contribution < -0.4 is 4.90 Å². The van der Waals surface area contributed by atoms with Crippen LogP contribution in [0.1, 0.15) is 42.6 Å². The minimum atomic E-state index is -0.256. The molecule has 0 unspecified atom stereocenters. The van der Waals surface area contributed by atoms with E-state index in [9.17, 15) is 4.79 Å². The lowest BCUT2D eigenvalue weighted by molar-refractivity contribution is 0.0985. The maximum atomic E-state index is 11.9. The summed E-state index contributed by atoms with van der Waals surface area (Å²) in [4.78, 5) is 30.6. The van der Waals surface area contributed by atoms with E-state index in [1.54, 1.807) is 4.90 Å². The number of methoxy groups -OCH3 is 1. The van der Waals surface area contributed by atoms with Crippen LogP contribution in [0.2, 0.25) is 0 Å². The molecule has 1 aliphatic carbocycles. The Labute approximate surface area is 188 Å². The molecule has 2 aromatic rings. The van der Waals surface area contributed by atoms with E-state index in [0.29, 0.717) is 26.3 Å². The van der Waals surface area contributed by atoms with Gasteiger partial charge in [0.05, 0.1) is 32.1 Å². The number of carbonyl (C=O) groups excluding carboxylic acids is 1. The van der Waals surface area contributed by atoms with Gasteiger partial charge in [0, 0.05) is 61.1 Å². The number of piperidine rings is 1. The number of nitrogens with zero attached hydrogens (tertiary/aromatic N) is 5. The van der Waals surface area contributed by atoms with Crippen LogP contribution in [0, 0.1) is 0 Å². The molecule has 0 spiro atoms. The predicted octanol–water partition coefficient (Wildman–Crippen LogP) is 3.28. The first-order valence-electron chi connectivity index (χ1n) is 11.3. The summed E-state index contributed by atoms with van der Waals surface area (Å²) in [5, 5.41) is 0. The number of rotatable bonds is 3. The van der Waals surface area contributed by atoms with E-state index in [0.717, 1.165) is 60.0 Å². The maximum absolute atomic E-state index is 11.9. The molecule has 0 N–H and O–H groups in total. The highest BCUT2D eigenvalue weighted by molar-refractivity contribution is 5.75. The molecule has 2 fully saturated rings. The molecule has 5 rings (SSSR count). The average Bonchev–Trinajstić information content (AvgIpc) is 3.33. The number of aromatic nitrogens is 3. The molecule has 1 amide bonds. The lowest BCUT2D eigenvalue weighted by Crippen LogP contribution is -2.44. The molecule has 0 radical (unpaired) electrons. The molecular weight excluding hydrogens is 406 g/mol. The normalized spacial score (nSPS) is 21.0. The molecule has 2 saturated heterocycles. The Hall–Kier alpha value is -3.00. The van der Waals surface area contributed by atoms with E-state index in [1.165, 1.54) is 7.11 Å². The fraction of sp³-hybridized carbons (Fsp3) is 0.500. The smallest absolute Gasteiger partial charge is 0.409 e. The second-order valence-electron chi connectivity index (χ2n) is 8.65. The van der Waals surface area contributed by atoms with Crippen molar-refractivity contribution < 1.29 is 14.3 Å². The summed E-state index contributed by atoms with van der Waals surface area (Å²) in [6.07, 6.45) is 8.42. The van der Waals surface area contributed by atoms with Gasteiger partial charge in [0.1, 0.15) is 5.82 Å². The monoisotopic (exact) mass is 435 g/mol. The van der Waals surface area contributed by atoms with Crippen LogP contribution in [0.25, 0.3) is 17.5 Å². The van der Waals surface area contributed by atoms with Gasteiger partial charge in [-0.1, -0.05) is 12.2 Å². The van der Waals surface area contributed by atoms with Gasteiger partial charge in [0.25, 0.3) is 0 Å². The van der Waals surface area contributed by atoms with Crippen molar-refractivity contribution in [2.45, 2.75) is 38.1 Å². The quantitative estimate of drug-likeness (QED) is 0.732. The van der Waals surface area contributed by atoms with Gasteiger partial charge in [-0.05, 0) is 25.8 Å². The van der Waals surface area contributed by atoms with Crippen molar-refractivity contribution in [3.05, 3.63) is 41.4 Å². The maximum Gasteiger partial charge on any atom is 0.409 e. The number of allylic oxidation sites excluding steroid dienone is 1. The summed E-state index contributed by atoms with van der Waals surface area (Å²) in [5.74, 6) is 1.97. The van der Waals surface area contributed by atoms with Gasteiger partial charge >= 0.3 is 6.09 Å². The molecule has 168 valence electrons. The number of hydrogen-bond donors (Lipinski definition) is 0. The Morgan fingerprint density at radius 2 is 2.06 bits per heavy atom. The predicted molar refractivity (Wildman–Crippen MR) is 122 cm³/mol. The van der Waals surface area contributed by atoms with Gasteiger partial charge < -0.3 is 19.3 Å². The van der Waals surface area contributed by atoms with E-state index in [4.69, 9.17) is 19.4 Å². The first-order valence-corrected chi connectivity index (χ1v) is 11.3. The molecule has 3 aliphatic rings. The Morgan fingerprint density at radius 1 is 1.22 bits per heavy atom. The molecule has 1 atom stereocenters. The van der Waals surface area contributed by atoms with Gasteiger partial charge in [-0.25, -0.2) is 14.8 Å². The molecule has 4 heterocycles. The number of hydrogen-bond acceptors (Lipinski definition) is 7. The fourth-order valence-electron chi connectivity index (χ4n) is 4.83. The molecule has 2 aromatic heterocycles. The lowest BCUT2D eigenvalue weighted by atomic mass is 9.93. The van der Waals surface area contributed by atoms with E-state index < -0.39 is 0 Å². The van der Waals surface area contributed by atoms with Crippen molar-refractivity contribution in [2.75, 3.05) is 44.9 Å². The van der Waals surface area contributed by atoms with Crippen molar-refractivity contribution in [2.24, 2.45) is 0 Å². The Balaban J connectivity index is 1.52. The topological polar surface area (TPSA) is 80.7 Å². The molecule has 0 saturated carbocycles. The largest absolute Gasteiger partial charge is 0.453 e. The van der Waals surface area contributed by atoms with Crippen molar-refractivity contribution in [3.8, 4) is 11.4 Å². The van der Waals surface area contributed by atoms with Gasteiger partial charge in [0.2, 0.25) is 0 Å². The third kappa shape index (κ3) is 3.95. The van der Waals surface area contributed by atoms with Crippen LogP contribution in [0.4, 0.5) is 10.6 Å². The van der Waals surface area contributed by atoms with E-state index in [-0.39, 0.29) is 18.1 Å². The second-order valence-corrected chi connectivity index (χ2v) is 8.65. The standard InChI is InChI=1S/C24H29N5O3/c1-16-15-32-13-12-29(16)22-14-21(17-7-10-28(11-8-17)24(30)31-2)26-23(27-22)19-6-9-25-20-5-3-4-18(19)20/h3-4,6,9,14,16-17H,5,7-8,10-13,15H2,1-2H3/t16-/m1/s1. The number of fused-ring (bicyclic) bond motifs is 1. The number of likely N-dealkylation sites (tertiary alicyclic amines) is 1. The van der Waals surface area contributed by atoms with Crippen LogP contribution in [0.5, 0.6) is 0 Å². The number of pyridine rings is 1. The molecule has 32 heavy (non-hydrogen) atoms. The van der Waals surface area contributed by atoms with Gasteiger partial charge in [-0.3, -0.25) is 4.98 Å². The second kappa shape index (κ2) is 8.86. The molecule has 0 aromatic carbocycles. The summed E-state index contributed by atoms with van der Waals surface area (Å²) >= 11 is 0. The SMILES string of the molecule is COC(=O)N1CCC(c2cc(N3CCOC[C@H]3C)nc(-c3ccnc4c3C=CC4)n2)CC1. The van der Waals surface area contributed by atoms with Crippen LogP contribution in [-0.2, 0) is 15.9 Å². The number of anilines is 1. The Bertz CT molecular complexity index is 1030. The van der Waals surface area contributed by atoms with Crippen molar-refractivity contribution in [3.63, 3.8) is 0 Å². The molecule has 0 bridgehead atoms.